The zero-order chi connectivity index (χ0) is 14.8. The summed E-state index contributed by atoms with van der Waals surface area (Å²) in [5, 5.41) is 26.9. The lowest BCUT2D eigenvalue weighted by molar-refractivity contribution is -0.335. The minimum Gasteiger partial charge on any atom is -0.356 e. The smallest absolute Gasteiger partial charge is 0.148 e. The molecule has 0 bridgehead atoms. The predicted molar refractivity (Wildman–Crippen MR) is 69.0 cm³/mol. The van der Waals surface area contributed by atoms with Gasteiger partial charge in [-0.1, -0.05) is 0 Å². The van der Waals surface area contributed by atoms with Crippen LogP contribution in [0.4, 0.5) is 0 Å². The van der Waals surface area contributed by atoms with Gasteiger partial charge in [0, 0.05) is 0 Å². The van der Waals surface area contributed by atoms with Crippen LogP contribution in [0, 0.1) is 0 Å². The maximum Gasteiger partial charge on any atom is 0.148 e. The largest absolute Gasteiger partial charge is 0.356 e. The lowest BCUT2D eigenvalue weighted by Gasteiger charge is -2.45. The molecule has 0 atom stereocenters. The van der Waals surface area contributed by atoms with Crippen LogP contribution in [0.2, 0.25) is 0 Å². The molecule has 1 saturated carbocycles. The third-order valence-corrected chi connectivity index (χ3v) is 4.87. The third kappa shape index (κ3) is 2.01. The molecule has 0 aromatic rings. The van der Waals surface area contributed by atoms with Crippen molar-refractivity contribution in [2.75, 3.05) is 13.2 Å². The quantitative estimate of drug-likeness (QED) is 0.681. The van der Waals surface area contributed by atoms with Crippen LogP contribution in [0.25, 0.3) is 0 Å². The van der Waals surface area contributed by atoms with Gasteiger partial charge in [-0.25, -0.2) is 0 Å². The molecule has 0 aromatic carbocycles. The molecule has 1 aliphatic carbocycles. The normalized spacial score (nSPS) is 44.7. The fourth-order valence-corrected chi connectivity index (χ4v) is 3.80. The van der Waals surface area contributed by atoms with E-state index in [1.165, 1.54) is 0 Å². The van der Waals surface area contributed by atoms with Crippen molar-refractivity contribution >= 4 is 0 Å². The fraction of sp³-hybridized carbons (Fsp3) is 1.00. The highest BCUT2D eigenvalue weighted by Crippen LogP contribution is 2.50. The minimum absolute atomic E-state index is 0.382. The Labute approximate surface area is 120 Å². The summed E-state index contributed by atoms with van der Waals surface area (Å²) in [5.74, 6) is 0. The van der Waals surface area contributed by atoms with Gasteiger partial charge >= 0.3 is 0 Å². The molecule has 2 saturated heterocycles. The summed E-state index contributed by atoms with van der Waals surface area (Å²) in [4.78, 5) is 0. The van der Waals surface area contributed by atoms with Crippen molar-refractivity contribution < 1.29 is 19.9 Å². The van der Waals surface area contributed by atoms with E-state index in [4.69, 9.17) is 9.47 Å². The van der Waals surface area contributed by atoms with Crippen molar-refractivity contribution in [3.63, 3.8) is 0 Å². The molecule has 3 fully saturated rings. The van der Waals surface area contributed by atoms with E-state index in [2.05, 4.69) is 0 Å². The van der Waals surface area contributed by atoms with Crippen molar-refractivity contribution in [3.05, 3.63) is 0 Å². The molecule has 6 heteroatoms. The summed E-state index contributed by atoms with van der Waals surface area (Å²) in [6.45, 7) is 8.49. The highest BCUT2D eigenvalue weighted by molar-refractivity contribution is 5.02. The van der Waals surface area contributed by atoms with E-state index in [0.717, 1.165) is 10.1 Å². The van der Waals surface area contributed by atoms with Gasteiger partial charge < -0.3 is 9.47 Å². The van der Waals surface area contributed by atoms with Gasteiger partial charge in [-0.05, 0) is 53.4 Å². The van der Waals surface area contributed by atoms with Gasteiger partial charge in [-0.15, -0.1) is 20.5 Å². The second-order valence-electron chi connectivity index (χ2n) is 7.69. The fourth-order valence-electron chi connectivity index (χ4n) is 3.80. The van der Waals surface area contributed by atoms with E-state index in [9.17, 15) is 10.4 Å². The summed E-state index contributed by atoms with van der Waals surface area (Å²) in [5.41, 5.74) is -2.42. The highest BCUT2D eigenvalue weighted by Gasteiger charge is 2.60. The standard InChI is InChI=1S/C14H24N2O4/c1-11(2)10-19-14(16(11)18)7-5-13(6-8-14)15(17)9-12(3,4)20-13/h5-10H2,1-4H3. The molecule has 0 aromatic heterocycles. The van der Waals surface area contributed by atoms with E-state index in [1.54, 1.807) is 0 Å². The third-order valence-electron chi connectivity index (χ3n) is 4.87. The number of nitrogens with zero attached hydrogens (tertiary/aromatic N) is 2. The molecule has 6 nitrogen and oxygen atoms in total. The molecular weight excluding hydrogens is 260 g/mol. The lowest BCUT2D eigenvalue weighted by Crippen LogP contribution is -2.56. The van der Waals surface area contributed by atoms with Crippen LogP contribution in [0.5, 0.6) is 0 Å². The van der Waals surface area contributed by atoms with Gasteiger partial charge in [0.05, 0.1) is 24.3 Å². The molecule has 20 heavy (non-hydrogen) atoms. The number of rotatable bonds is 0. The van der Waals surface area contributed by atoms with Crippen LogP contribution in [0.3, 0.4) is 0 Å². The van der Waals surface area contributed by atoms with Crippen molar-refractivity contribution in [2.45, 2.75) is 76.0 Å². The van der Waals surface area contributed by atoms with Crippen molar-refractivity contribution in [1.29, 1.82) is 0 Å². The van der Waals surface area contributed by atoms with E-state index in [-0.39, 0.29) is 0 Å². The van der Waals surface area contributed by atoms with E-state index < -0.39 is 22.6 Å². The molecule has 2 aliphatic heterocycles. The molecule has 2 heterocycles. The zero-order valence-electron chi connectivity index (χ0n) is 12.8. The van der Waals surface area contributed by atoms with Crippen LogP contribution >= 0.6 is 0 Å². The van der Waals surface area contributed by atoms with Gasteiger partial charge in [0.2, 0.25) is 0 Å². The number of hydroxylamine groups is 4. The Balaban J connectivity index is 1.75. The monoisotopic (exact) mass is 284 g/mol. The van der Waals surface area contributed by atoms with E-state index in [1.807, 2.05) is 27.7 Å². The van der Waals surface area contributed by atoms with Gasteiger partial charge in [0.1, 0.15) is 11.4 Å². The summed E-state index contributed by atoms with van der Waals surface area (Å²) < 4.78 is 11.9. The van der Waals surface area contributed by atoms with Crippen LogP contribution < -0.4 is 0 Å². The molecule has 114 valence electrons. The lowest BCUT2D eigenvalue weighted by atomic mass is 9.84. The second-order valence-corrected chi connectivity index (χ2v) is 7.69. The average Bonchev–Trinajstić information content (AvgIpc) is 2.70. The average molecular weight is 284 g/mol. The summed E-state index contributed by atoms with van der Waals surface area (Å²) >= 11 is 0. The van der Waals surface area contributed by atoms with Crippen molar-refractivity contribution in [1.82, 2.24) is 10.1 Å². The first kappa shape index (κ1) is 14.7. The predicted octanol–water partition coefficient (Wildman–Crippen LogP) is 1.87. The van der Waals surface area contributed by atoms with Crippen molar-refractivity contribution in [3.8, 4) is 0 Å². The Hall–Kier alpha value is -0.240. The van der Waals surface area contributed by atoms with Gasteiger partial charge in [-0.3, -0.25) is 0 Å². The number of ether oxygens (including phenoxy) is 2. The van der Waals surface area contributed by atoms with Gasteiger partial charge in [-0.2, -0.15) is 0 Å². The SMILES string of the molecule is CC1(C)CN([O])C2(CCC3(CC2)OCC(C)(C)N3[O])O1. The van der Waals surface area contributed by atoms with Crippen molar-refractivity contribution in [2.24, 2.45) is 0 Å². The molecule has 3 rings (SSSR count). The van der Waals surface area contributed by atoms with Crippen LogP contribution in [0.1, 0.15) is 53.4 Å². The summed E-state index contributed by atoms with van der Waals surface area (Å²) in [7, 11) is 0. The molecule has 0 N–H and O–H groups in total. The Kier molecular flexibility index (Phi) is 3.05. The summed E-state index contributed by atoms with van der Waals surface area (Å²) in [6.07, 6.45) is 2.20. The zero-order valence-corrected chi connectivity index (χ0v) is 12.8. The van der Waals surface area contributed by atoms with Gasteiger partial charge in [0.15, 0.2) is 0 Å². The molecular formula is C14H24N2O4. The first-order valence-corrected chi connectivity index (χ1v) is 7.37. The maximum atomic E-state index is 12.5. The highest BCUT2D eigenvalue weighted by atomic mass is 16.6. The molecule has 2 radical (unpaired) electrons. The Bertz CT molecular complexity index is 396. The van der Waals surface area contributed by atoms with Gasteiger partial charge in [0.25, 0.3) is 0 Å². The Morgan fingerprint density at radius 3 is 1.85 bits per heavy atom. The Morgan fingerprint density at radius 1 is 0.900 bits per heavy atom. The molecule has 0 amide bonds. The molecule has 0 unspecified atom stereocenters. The van der Waals surface area contributed by atoms with Crippen LogP contribution in [-0.2, 0) is 19.9 Å². The van der Waals surface area contributed by atoms with E-state index in [0.29, 0.717) is 38.8 Å². The second kappa shape index (κ2) is 4.15. The first-order chi connectivity index (χ1) is 9.11. The Morgan fingerprint density at radius 2 is 1.45 bits per heavy atom. The number of hydrogen-bond donors (Lipinski definition) is 0. The minimum atomic E-state index is -0.758. The maximum absolute atomic E-state index is 12.5. The van der Waals surface area contributed by atoms with Crippen LogP contribution in [-0.4, -0.2) is 45.9 Å². The number of hydrogen-bond acceptors (Lipinski definition) is 4. The molecule has 2 spiro atoms. The summed E-state index contributed by atoms with van der Waals surface area (Å²) in [6, 6.07) is 0. The topological polar surface area (TPSA) is 64.7 Å². The van der Waals surface area contributed by atoms with Crippen LogP contribution in [0.15, 0.2) is 0 Å². The molecule has 3 aliphatic rings. The van der Waals surface area contributed by atoms with E-state index >= 15 is 0 Å². The first-order valence-electron chi connectivity index (χ1n) is 7.37.